The average Bonchev–Trinajstić information content (AvgIpc) is 3.04. The van der Waals surface area contributed by atoms with Crippen molar-refractivity contribution in [2.24, 2.45) is 0 Å². The van der Waals surface area contributed by atoms with Crippen LogP contribution in [0.25, 0.3) is 11.1 Å². The lowest BCUT2D eigenvalue weighted by molar-refractivity contribution is 0.147. The number of nitrogens with one attached hydrogen (secondary N) is 1. The van der Waals surface area contributed by atoms with Crippen molar-refractivity contribution in [1.29, 1.82) is 0 Å². The summed E-state index contributed by atoms with van der Waals surface area (Å²) in [6, 6.07) is 12.6. The predicted molar refractivity (Wildman–Crippen MR) is 96.7 cm³/mol. The number of aromatic nitrogens is 3. The lowest BCUT2D eigenvalue weighted by Crippen LogP contribution is -2.26. The molecule has 4 rings (SSSR count). The number of hydrogen-bond acceptors (Lipinski definition) is 4. The van der Waals surface area contributed by atoms with Gasteiger partial charge < -0.3 is 10.5 Å². The first-order valence-electron chi connectivity index (χ1n) is 8.77. The van der Waals surface area contributed by atoms with Crippen molar-refractivity contribution in [3.05, 3.63) is 71.8 Å². The zero-order valence-electron chi connectivity index (χ0n) is 14.1. The van der Waals surface area contributed by atoms with E-state index < -0.39 is 0 Å². The van der Waals surface area contributed by atoms with Crippen LogP contribution in [0.2, 0.25) is 0 Å². The number of pyridine rings is 1. The molecule has 25 heavy (non-hydrogen) atoms. The van der Waals surface area contributed by atoms with Gasteiger partial charge in [0, 0.05) is 24.4 Å². The van der Waals surface area contributed by atoms with E-state index in [0.29, 0.717) is 5.92 Å². The molecule has 2 N–H and O–H groups in total. The largest absolute Gasteiger partial charge is 0.412 e. The van der Waals surface area contributed by atoms with Crippen LogP contribution in [0.1, 0.15) is 35.6 Å². The van der Waals surface area contributed by atoms with Gasteiger partial charge in [-0.15, -0.1) is 9.94 Å². The third-order valence-electron chi connectivity index (χ3n) is 4.93. The molecule has 5 nitrogen and oxygen atoms in total. The van der Waals surface area contributed by atoms with E-state index in [-0.39, 0.29) is 0 Å². The first kappa shape index (κ1) is 15.8. The Morgan fingerprint density at radius 2 is 1.68 bits per heavy atom. The lowest BCUT2D eigenvalue weighted by Gasteiger charge is -2.22. The lowest BCUT2D eigenvalue weighted by atomic mass is 9.89. The molecule has 0 aliphatic carbocycles. The van der Waals surface area contributed by atoms with Gasteiger partial charge in [0.05, 0.1) is 11.9 Å². The average molecular weight is 334 g/mol. The van der Waals surface area contributed by atoms with Crippen LogP contribution in [-0.4, -0.2) is 33.2 Å². The maximum atomic E-state index is 9.82. The van der Waals surface area contributed by atoms with E-state index in [0.717, 1.165) is 48.5 Å². The molecule has 3 aromatic rings. The molecule has 0 bridgehead atoms. The maximum Gasteiger partial charge on any atom is 0.0738 e. The van der Waals surface area contributed by atoms with E-state index in [9.17, 15) is 5.21 Å². The smallest absolute Gasteiger partial charge is 0.0738 e. The van der Waals surface area contributed by atoms with Crippen LogP contribution in [0.15, 0.2) is 55.0 Å². The Labute approximate surface area is 147 Å². The van der Waals surface area contributed by atoms with Crippen LogP contribution in [0.3, 0.4) is 0 Å². The van der Waals surface area contributed by atoms with E-state index in [2.05, 4.69) is 39.7 Å². The Balaban J connectivity index is 1.54. The van der Waals surface area contributed by atoms with Crippen molar-refractivity contribution in [3.8, 4) is 11.1 Å². The molecule has 128 valence electrons. The third-order valence-corrected chi connectivity index (χ3v) is 4.93. The molecule has 1 aliphatic heterocycles. The van der Waals surface area contributed by atoms with Gasteiger partial charge in [-0.25, -0.2) is 0 Å². The highest BCUT2D eigenvalue weighted by molar-refractivity contribution is 5.63. The van der Waals surface area contributed by atoms with E-state index >= 15 is 0 Å². The van der Waals surface area contributed by atoms with Gasteiger partial charge in [0.2, 0.25) is 0 Å². The monoisotopic (exact) mass is 334 g/mol. The molecular weight excluding hydrogens is 312 g/mol. The van der Waals surface area contributed by atoms with Crippen molar-refractivity contribution in [2.45, 2.75) is 25.2 Å². The second kappa shape index (κ2) is 7.07. The summed E-state index contributed by atoms with van der Waals surface area (Å²) in [5.41, 5.74) is 5.70. The molecule has 0 atom stereocenters. The van der Waals surface area contributed by atoms with Crippen LogP contribution < -0.4 is 5.32 Å². The van der Waals surface area contributed by atoms with Crippen molar-refractivity contribution in [2.75, 3.05) is 13.1 Å². The van der Waals surface area contributed by atoms with Gasteiger partial charge in [0.25, 0.3) is 0 Å². The zero-order chi connectivity index (χ0) is 17.1. The highest BCUT2D eigenvalue weighted by Gasteiger charge is 2.21. The summed E-state index contributed by atoms with van der Waals surface area (Å²) in [6.45, 7) is 2.06. The first-order valence-corrected chi connectivity index (χ1v) is 8.77. The summed E-state index contributed by atoms with van der Waals surface area (Å²) >= 11 is 0. The molecule has 1 aromatic carbocycles. The Morgan fingerprint density at radius 3 is 2.40 bits per heavy atom. The fraction of sp³-hybridized carbons (Fsp3) is 0.300. The molecule has 0 saturated carbocycles. The Hall–Kier alpha value is -2.66. The second-order valence-electron chi connectivity index (χ2n) is 6.59. The molecule has 1 fully saturated rings. The van der Waals surface area contributed by atoms with Crippen LogP contribution in [0.5, 0.6) is 0 Å². The summed E-state index contributed by atoms with van der Waals surface area (Å²) in [5.74, 6) is 0.480. The fourth-order valence-electron chi connectivity index (χ4n) is 3.57. The van der Waals surface area contributed by atoms with Crippen LogP contribution >= 0.6 is 0 Å². The Bertz CT molecular complexity index is 821. The van der Waals surface area contributed by atoms with Gasteiger partial charge in [-0.1, -0.05) is 24.3 Å². The fourth-order valence-corrected chi connectivity index (χ4v) is 3.57. The molecule has 0 unspecified atom stereocenters. The Morgan fingerprint density at radius 1 is 1.00 bits per heavy atom. The van der Waals surface area contributed by atoms with Crippen molar-refractivity contribution in [3.63, 3.8) is 0 Å². The summed E-state index contributed by atoms with van der Waals surface area (Å²) in [5, 5.41) is 17.5. The summed E-state index contributed by atoms with van der Waals surface area (Å²) < 4.78 is 0. The summed E-state index contributed by atoms with van der Waals surface area (Å²) in [6.07, 6.45) is 8.32. The number of benzene rings is 1. The minimum Gasteiger partial charge on any atom is -0.412 e. The molecule has 5 heteroatoms. The van der Waals surface area contributed by atoms with Gasteiger partial charge >= 0.3 is 0 Å². The van der Waals surface area contributed by atoms with Crippen LogP contribution in [0.4, 0.5) is 0 Å². The topological polar surface area (TPSA) is 63.0 Å². The minimum absolute atomic E-state index is 0.480. The van der Waals surface area contributed by atoms with Crippen molar-refractivity contribution < 1.29 is 5.21 Å². The molecule has 0 amide bonds. The van der Waals surface area contributed by atoms with Gasteiger partial charge in [0.15, 0.2) is 0 Å². The maximum absolute atomic E-state index is 9.82. The summed E-state index contributed by atoms with van der Waals surface area (Å²) in [7, 11) is 0. The normalized spacial score (nSPS) is 15.4. The zero-order valence-corrected chi connectivity index (χ0v) is 14.1. The first-order chi connectivity index (χ1) is 12.3. The molecule has 1 aliphatic rings. The van der Waals surface area contributed by atoms with Gasteiger partial charge in [-0.3, -0.25) is 4.98 Å². The molecule has 3 heterocycles. The van der Waals surface area contributed by atoms with Gasteiger partial charge in [0.1, 0.15) is 0 Å². The minimum atomic E-state index is 0.480. The number of nitrogens with zero attached hydrogens (tertiary/aromatic N) is 3. The third kappa shape index (κ3) is 3.56. The molecule has 1 saturated heterocycles. The quantitative estimate of drug-likeness (QED) is 0.719. The van der Waals surface area contributed by atoms with E-state index in [1.807, 2.05) is 24.5 Å². The molecule has 0 radical (unpaired) electrons. The van der Waals surface area contributed by atoms with Gasteiger partial charge in [-0.05, 0) is 60.7 Å². The molecule has 0 spiro atoms. The SMILES string of the molecule is On1cc(C2CCNCC2)c(Cc2ccc(-c3ccncc3)cc2)n1. The van der Waals surface area contributed by atoms with E-state index in [1.165, 1.54) is 16.7 Å². The van der Waals surface area contributed by atoms with E-state index in [1.54, 1.807) is 6.20 Å². The number of rotatable bonds is 4. The highest BCUT2D eigenvalue weighted by Crippen LogP contribution is 2.29. The highest BCUT2D eigenvalue weighted by atomic mass is 16.5. The molecular formula is C20H22N4O. The summed E-state index contributed by atoms with van der Waals surface area (Å²) in [4.78, 5) is 5.03. The van der Waals surface area contributed by atoms with Crippen molar-refractivity contribution >= 4 is 0 Å². The Kier molecular flexibility index (Phi) is 4.48. The number of piperidine rings is 1. The van der Waals surface area contributed by atoms with Crippen LogP contribution in [-0.2, 0) is 6.42 Å². The van der Waals surface area contributed by atoms with Crippen LogP contribution in [0, 0.1) is 0 Å². The second-order valence-corrected chi connectivity index (χ2v) is 6.59. The number of hydrogen-bond donors (Lipinski definition) is 2. The predicted octanol–water partition coefficient (Wildman–Crippen LogP) is 3.24. The standard InChI is InChI=1S/C20H22N4O/c25-24-14-19(18-7-11-22-12-8-18)20(23-24)13-15-1-3-16(4-2-15)17-5-9-21-10-6-17/h1-6,9-10,14,18,22,25H,7-8,11-13H2. The van der Waals surface area contributed by atoms with Crippen molar-refractivity contribution in [1.82, 2.24) is 20.2 Å². The molecule has 2 aromatic heterocycles. The van der Waals surface area contributed by atoms with E-state index in [4.69, 9.17) is 0 Å². The van der Waals surface area contributed by atoms with Gasteiger partial charge in [-0.2, -0.15) is 0 Å².